The molecule has 0 radical (unpaired) electrons. The molecule has 0 aromatic heterocycles. The molecule has 2 rings (SSSR count). The minimum atomic E-state index is -0.424. The van der Waals surface area contributed by atoms with E-state index in [4.69, 9.17) is 10.5 Å². The average Bonchev–Trinajstić information content (AvgIpc) is 3.13. The number of hydrogen-bond donors (Lipinski definition) is 2. The lowest BCUT2D eigenvalue weighted by molar-refractivity contribution is -0.117. The molecule has 3 N–H and O–H groups in total. The van der Waals surface area contributed by atoms with Crippen LogP contribution in [0.4, 0.5) is 5.69 Å². The van der Waals surface area contributed by atoms with Gasteiger partial charge in [-0.25, -0.2) is 0 Å². The van der Waals surface area contributed by atoms with Crippen LogP contribution in [0.15, 0.2) is 24.3 Å². The fraction of sp³-hybridized carbons (Fsp3) is 0.462. The maximum Gasteiger partial charge on any atom is 0.241 e. The molecule has 1 aliphatic carbocycles. The van der Waals surface area contributed by atoms with Crippen LogP contribution < -0.4 is 15.8 Å². The van der Waals surface area contributed by atoms with E-state index < -0.39 is 6.04 Å². The number of rotatable bonds is 5. The van der Waals surface area contributed by atoms with Crippen LogP contribution in [0, 0.1) is 5.92 Å². The monoisotopic (exact) mass is 234 g/mol. The zero-order chi connectivity index (χ0) is 12.3. The molecule has 1 atom stereocenters. The normalized spacial score (nSPS) is 16.4. The van der Waals surface area contributed by atoms with Crippen molar-refractivity contribution in [3.05, 3.63) is 24.3 Å². The van der Waals surface area contributed by atoms with Crippen molar-refractivity contribution in [1.82, 2.24) is 0 Å². The zero-order valence-corrected chi connectivity index (χ0v) is 9.98. The smallest absolute Gasteiger partial charge is 0.241 e. The van der Waals surface area contributed by atoms with Crippen LogP contribution in [0.1, 0.15) is 19.3 Å². The molecule has 0 saturated heterocycles. The third-order valence-electron chi connectivity index (χ3n) is 2.99. The molecular formula is C13H18N2O2. The Balaban J connectivity index is 1.96. The van der Waals surface area contributed by atoms with E-state index in [1.807, 2.05) is 18.2 Å². The number of ether oxygens (including phenoxy) is 1. The van der Waals surface area contributed by atoms with E-state index in [1.54, 1.807) is 13.2 Å². The van der Waals surface area contributed by atoms with Crippen LogP contribution in [0.3, 0.4) is 0 Å². The third kappa shape index (κ3) is 3.20. The van der Waals surface area contributed by atoms with Gasteiger partial charge >= 0.3 is 0 Å². The Kier molecular flexibility index (Phi) is 3.64. The van der Waals surface area contributed by atoms with Crippen LogP contribution in [-0.2, 0) is 4.79 Å². The van der Waals surface area contributed by atoms with Crippen molar-refractivity contribution in [2.45, 2.75) is 25.3 Å². The van der Waals surface area contributed by atoms with Gasteiger partial charge in [-0.3, -0.25) is 4.79 Å². The van der Waals surface area contributed by atoms with Crippen molar-refractivity contribution in [2.24, 2.45) is 11.7 Å². The van der Waals surface area contributed by atoms with Gasteiger partial charge in [-0.1, -0.05) is 25.0 Å². The van der Waals surface area contributed by atoms with Crippen LogP contribution in [-0.4, -0.2) is 19.1 Å². The Morgan fingerprint density at radius 3 is 2.88 bits per heavy atom. The van der Waals surface area contributed by atoms with Crippen molar-refractivity contribution in [3.63, 3.8) is 0 Å². The van der Waals surface area contributed by atoms with Crippen molar-refractivity contribution >= 4 is 11.6 Å². The van der Waals surface area contributed by atoms with E-state index in [1.165, 1.54) is 12.8 Å². The molecule has 4 heteroatoms. The third-order valence-corrected chi connectivity index (χ3v) is 2.99. The van der Waals surface area contributed by atoms with Gasteiger partial charge in [-0.05, 0) is 24.5 Å². The van der Waals surface area contributed by atoms with Crippen LogP contribution in [0.5, 0.6) is 5.75 Å². The number of anilines is 1. The molecule has 1 fully saturated rings. The number of nitrogens with two attached hydrogens (primary N) is 1. The van der Waals surface area contributed by atoms with E-state index in [0.717, 1.165) is 6.42 Å². The first-order chi connectivity index (χ1) is 8.20. The Labute approximate surface area is 101 Å². The molecule has 1 aliphatic rings. The van der Waals surface area contributed by atoms with E-state index in [0.29, 0.717) is 17.4 Å². The standard InChI is InChI=1S/C13H18N2O2/c1-17-12-5-3-2-4-11(12)15-13(16)10(14)8-9-6-7-9/h2-5,9-10H,6-8,14H2,1H3,(H,15,16). The van der Waals surface area contributed by atoms with Gasteiger partial charge in [0.25, 0.3) is 0 Å². The predicted octanol–water partition coefficient (Wildman–Crippen LogP) is 1.76. The molecule has 1 saturated carbocycles. The lowest BCUT2D eigenvalue weighted by atomic mass is 10.1. The average molecular weight is 234 g/mol. The Morgan fingerprint density at radius 2 is 2.24 bits per heavy atom. The number of para-hydroxylation sites is 2. The van der Waals surface area contributed by atoms with Gasteiger partial charge in [-0.2, -0.15) is 0 Å². The zero-order valence-electron chi connectivity index (χ0n) is 9.98. The minimum Gasteiger partial charge on any atom is -0.495 e. The number of carbonyl (C=O) groups excluding carboxylic acids is 1. The summed E-state index contributed by atoms with van der Waals surface area (Å²) in [6, 6.07) is 6.90. The van der Waals surface area contributed by atoms with E-state index in [2.05, 4.69) is 5.32 Å². The number of nitrogens with one attached hydrogen (secondary N) is 1. The summed E-state index contributed by atoms with van der Waals surface area (Å²) < 4.78 is 5.16. The van der Waals surface area contributed by atoms with Crippen molar-refractivity contribution < 1.29 is 9.53 Å². The Hall–Kier alpha value is -1.55. The van der Waals surface area contributed by atoms with Gasteiger partial charge < -0.3 is 15.8 Å². The van der Waals surface area contributed by atoms with Gasteiger partial charge in [-0.15, -0.1) is 0 Å². The second-order valence-corrected chi connectivity index (χ2v) is 4.48. The predicted molar refractivity (Wildman–Crippen MR) is 66.9 cm³/mol. The Bertz CT molecular complexity index is 402. The molecule has 0 heterocycles. The summed E-state index contributed by atoms with van der Waals surface area (Å²) >= 11 is 0. The highest BCUT2D eigenvalue weighted by molar-refractivity contribution is 5.95. The number of methoxy groups -OCH3 is 1. The molecule has 1 unspecified atom stereocenters. The highest BCUT2D eigenvalue weighted by atomic mass is 16.5. The fourth-order valence-electron chi connectivity index (χ4n) is 1.79. The summed E-state index contributed by atoms with van der Waals surface area (Å²) in [6.45, 7) is 0. The molecule has 4 nitrogen and oxygen atoms in total. The first-order valence-electron chi connectivity index (χ1n) is 5.90. The first kappa shape index (κ1) is 11.9. The molecule has 0 aliphatic heterocycles. The molecular weight excluding hydrogens is 216 g/mol. The SMILES string of the molecule is COc1ccccc1NC(=O)C(N)CC1CC1. The maximum absolute atomic E-state index is 11.9. The first-order valence-corrected chi connectivity index (χ1v) is 5.90. The van der Waals surface area contributed by atoms with Gasteiger partial charge in [0.2, 0.25) is 5.91 Å². The number of carbonyl (C=O) groups is 1. The number of amides is 1. The highest BCUT2D eigenvalue weighted by Gasteiger charge is 2.27. The van der Waals surface area contributed by atoms with Gasteiger partial charge in [0.15, 0.2) is 0 Å². The molecule has 0 bridgehead atoms. The summed E-state index contributed by atoms with van der Waals surface area (Å²) in [5.74, 6) is 1.16. The summed E-state index contributed by atoms with van der Waals surface area (Å²) in [5, 5.41) is 2.81. The lowest BCUT2D eigenvalue weighted by Gasteiger charge is -2.13. The lowest BCUT2D eigenvalue weighted by Crippen LogP contribution is -2.36. The summed E-state index contributed by atoms with van der Waals surface area (Å²) in [7, 11) is 1.58. The second-order valence-electron chi connectivity index (χ2n) is 4.48. The minimum absolute atomic E-state index is 0.138. The van der Waals surface area contributed by atoms with Crippen LogP contribution in [0.25, 0.3) is 0 Å². The van der Waals surface area contributed by atoms with Crippen molar-refractivity contribution in [2.75, 3.05) is 12.4 Å². The quantitative estimate of drug-likeness (QED) is 0.816. The second kappa shape index (κ2) is 5.19. The van der Waals surface area contributed by atoms with E-state index in [9.17, 15) is 4.79 Å². The number of hydrogen-bond acceptors (Lipinski definition) is 3. The topological polar surface area (TPSA) is 64.3 Å². The van der Waals surface area contributed by atoms with E-state index >= 15 is 0 Å². The van der Waals surface area contributed by atoms with Gasteiger partial charge in [0, 0.05) is 0 Å². The fourth-order valence-corrected chi connectivity index (χ4v) is 1.79. The maximum atomic E-state index is 11.9. The molecule has 1 amide bonds. The van der Waals surface area contributed by atoms with Gasteiger partial charge in [0.1, 0.15) is 5.75 Å². The van der Waals surface area contributed by atoms with Crippen molar-refractivity contribution in [3.8, 4) is 5.75 Å². The summed E-state index contributed by atoms with van der Waals surface area (Å²) in [5.41, 5.74) is 6.52. The summed E-state index contributed by atoms with van der Waals surface area (Å²) in [6.07, 6.45) is 3.19. The molecule has 1 aromatic rings. The number of benzene rings is 1. The molecule has 1 aromatic carbocycles. The molecule has 92 valence electrons. The largest absolute Gasteiger partial charge is 0.495 e. The van der Waals surface area contributed by atoms with Gasteiger partial charge in [0.05, 0.1) is 18.8 Å². The van der Waals surface area contributed by atoms with Crippen molar-refractivity contribution in [1.29, 1.82) is 0 Å². The molecule has 17 heavy (non-hydrogen) atoms. The van der Waals surface area contributed by atoms with E-state index in [-0.39, 0.29) is 5.91 Å². The Morgan fingerprint density at radius 1 is 1.53 bits per heavy atom. The van der Waals surface area contributed by atoms with Crippen LogP contribution in [0.2, 0.25) is 0 Å². The highest BCUT2D eigenvalue weighted by Crippen LogP contribution is 2.33. The molecule has 0 spiro atoms. The summed E-state index contributed by atoms with van der Waals surface area (Å²) in [4.78, 5) is 11.9. The van der Waals surface area contributed by atoms with Crippen LogP contribution >= 0.6 is 0 Å².